The van der Waals surface area contributed by atoms with E-state index in [9.17, 15) is 9.59 Å². The second kappa shape index (κ2) is 9.46. The molecule has 0 spiro atoms. The Balaban J connectivity index is 1.72. The Morgan fingerprint density at radius 3 is 2.30 bits per heavy atom. The molecule has 3 rings (SSSR count). The van der Waals surface area contributed by atoms with Crippen LogP contribution in [0.3, 0.4) is 0 Å². The molecule has 0 aliphatic carbocycles. The zero-order valence-corrected chi connectivity index (χ0v) is 16.4. The number of aromatic nitrogens is 1. The summed E-state index contributed by atoms with van der Waals surface area (Å²) in [6.45, 7) is -0.452. The van der Waals surface area contributed by atoms with Crippen LogP contribution in [0.2, 0.25) is 0 Å². The van der Waals surface area contributed by atoms with E-state index in [1.807, 2.05) is 30.3 Å². The molecular weight excluding hydrogens is 392 g/mol. The fourth-order valence-corrected chi connectivity index (χ4v) is 2.62. The third-order valence-electron chi connectivity index (χ3n) is 4.02. The number of hydrogen-bond acceptors (Lipinski definition) is 8. The van der Waals surface area contributed by atoms with Gasteiger partial charge in [0.2, 0.25) is 5.75 Å². The average molecular weight is 412 g/mol. The summed E-state index contributed by atoms with van der Waals surface area (Å²) in [5.74, 6) is -0.187. The number of benzene rings is 2. The van der Waals surface area contributed by atoms with Crippen LogP contribution in [0.15, 0.2) is 53.1 Å². The number of nitrogens with two attached hydrogens (primary N) is 1. The van der Waals surface area contributed by atoms with Crippen molar-refractivity contribution in [2.24, 2.45) is 5.73 Å². The standard InChI is InChI=1S/C21H20N2O7/c1-26-17-8-14(9-18(27-2)20(17)28-12-19(22)24)21(25)29-11-15-10-16(30-23-15)13-6-4-3-5-7-13/h3-10H,11-12H2,1-2H3,(H2,22,24). The van der Waals surface area contributed by atoms with Crippen molar-refractivity contribution in [2.75, 3.05) is 20.8 Å². The summed E-state index contributed by atoms with van der Waals surface area (Å²) in [5, 5.41) is 3.92. The number of carbonyl (C=O) groups is 2. The van der Waals surface area contributed by atoms with Gasteiger partial charge in [0.15, 0.2) is 23.9 Å². The first-order valence-corrected chi connectivity index (χ1v) is 8.87. The minimum absolute atomic E-state index is 0.0836. The Hall–Kier alpha value is -4.01. The van der Waals surface area contributed by atoms with E-state index in [1.165, 1.54) is 26.4 Å². The highest BCUT2D eigenvalue weighted by molar-refractivity contribution is 5.91. The van der Waals surface area contributed by atoms with Crippen molar-refractivity contribution in [3.05, 3.63) is 59.8 Å². The first-order chi connectivity index (χ1) is 14.5. The van der Waals surface area contributed by atoms with Crippen LogP contribution in [0.4, 0.5) is 0 Å². The van der Waals surface area contributed by atoms with Gasteiger partial charge in [-0.05, 0) is 12.1 Å². The maximum atomic E-state index is 12.5. The van der Waals surface area contributed by atoms with Crippen molar-refractivity contribution in [3.8, 4) is 28.6 Å². The summed E-state index contributed by atoms with van der Waals surface area (Å²) >= 11 is 0. The lowest BCUT2D eigenvalue weighted by Gasteiger charge is -2.15. The van der Waals surface area contributed by atoms with Gasteiger partial charge in [-0.1, -0.05) is 35.5 Å². The predicted molar refractivity (Wildman–Crippen MR) is 105 cm³/mol. The van der Waals surface area contributed by atoms with Gasteiger partial charge in [0.05, 0.1) is 19.8 Å². The number of rotatable bonds is 9. The molecule has 30 heavy (non-hydrogen) atoms. The minimum atomic E-state index is -0.662. The molecule has 0 unspecified atom stereocenters. The smallest absolute Gasteiger partial charge is 0.338 e. The van der Waals surface area contributed by atoms with E-state index < -0.39 is 11.9 Å². The van der Waals surface area contributed by atoms with Crippen molar-refractivity contribution in [3.63, 3.8) is 0 Å². The monoisotopic (exact) mass is 412 g/mol. The van der Waals surface area contributed by atoms with Gasteiger partial charge in [-0.3, -0.25) is 4.79 Å². The van der Waals surface area contributed by atoms with Crippen LogP contribution in [-0.4, -0.2) is 37.9 Å². The number of nitrogens with zero attached hydrogens (tertiary/aromatic N) is 1. The van der Waals surface area contributed by atoms with Crippen LogP contribution in [-0.2, 0) is 16.1 Å². The lowest BCUT2D eigenvalue weighted by atomic mass is 10.1. The fourth-order valence-electron chi connectivity index (χ4n) is 2.62. The molecule has 9 heteroatoms. The number of primary amides is 1. The maximum Gasteiger partial charge on any atom is 0.338 e. The lowest BCUT2D eigenvalue weighted by Crippen LogP contribution is -2.20. The van der Waals surface area contributed by atoms with Crippen LogP contribution >= 0.6 is 0 Å². The van der Waals surface area contributed by atoms with Crippen molar-refractivity contribution in [1.82, 2.24) is 5.16 Å². The zero-order valence-electron chi connectivity index (χ0n) is 16.4. The van der Waals surface area contributed by atoms with Crippen LogP contribution in [0.5, 0.6) is 17.2 Å². The number of carbonyl (C=O) groups excluding carboxylic acids is 2. The van der Waals surface area contributed by atoms with E-state index >= 15 is 0 Å². The highest BCUT2D eigenvalue weighted by atomic mass is 16.5. The van der Waals surface area contributed by atoms with E-state index in [-0.39, 0.29) is 36.0 Å². The molecule has 0 bridgehead atoms. The Kier molecular flexibility index (Phi) is 6.53. The molecule has 2 aromatic carbocycles. The van der Waals surface area contributed by atoms with Gasteiger partial charge in [-0.15, -0.1) is 0 Å². The number of methoxy groups -OCH3 is 2. The SMILES string of the molecule is COc1cc(C(=O)OCc2cc(-c3ccccc3)on2)cc(OC)c1OCC(N)=O. The molecule has 0 aliphatic heterocycles. The van der Waals surface area contributed by atoms with Gasteiger partial charge in [-0.25, -0.2) is 4.79 Å². The highest BCUT2D eigenvalue weighted by Gasteiger charge is 2.19. The number of esters is 1. The summed E-state index contributed by atoms with van der Waals surface area (Å²) in [5.41, 5.74) is 6.60. The molecule has 0 atom stereocenters. The normalized spacial score (nSPS) is 10.3. The Bertz CT molecular complexity index is 1010. The molecule has 1 heterocycles. The third-order valence-corrected chi connectivity index (χ3v) is 4.02. The molecule has 0 aliphatic rings. The number of amides is 1. The molecule has 1 aromatic heterocycles. The molecule has 0 saturated heterocycles. The second-order valence-electron chi connectivity index (χ2n) is 6.09. The maximum absolute atomic E-state index is 12.5. The fraction of sp³-hybridized carbons (Fsp3) is 0.190. The summed E-state index contributed by atoms with van der Waals surface area (Å²) in [7, 11) is 2.78. The summed E-state index contributed by atoms with van der Waals surface area (Å²) in [6.07, 6.45) is 0. The molecule has 156 valence electrons. The highest BCUT2D eigenvalue weighted by Crippen LogP contribution is 2.38. The van der Waals surface area contributed by atoms with E-state index in [0.29, 0.717) is 11.5 Å². The number of hydrogen-bond donors (Lipinski definition) is 1. The predicted octanol–water partition coefficient (Wildman–Crippen LogP) is 2.58. The van der Waals surface area contributed by atoms with E-state index in [0.717, 1.165) is 5.56 Å². The zero-order chi connectivity index (χ0) is 21.5. The molecule has 0 saturated carbocycles. The minimum Gasteiger partial charge on any atom is -0.493 e. The second-order valence-corrected chi connectivity index (χ2v) is 6.09. The van der Waals surface area contributed by atoms with Gasteiger partial charge in [0.25, 0.3) is 5.91 Å². The molecule has 2 N–H and O–H groups in total. The van der Waals surface area contributed by atoms with Gasteiger partial charge in [-0.2, -0.15) is 0 Å². The topological polar surface area (TPSA) is 123 Å². The van der Waals surface area contributed by atoms with Gasteiger partial charge in [0.1, 0.15) is 12.3 Å². The van der Waals surface area contributed by atoms with Crippen molar-refractivity contribution in [2.45, 2.75) is 6.61 Å². The molecule has 0 radical (unpaired) electrons. The van der Waals surface area contributed by atoms with Gasteiger partial charge >= 0.3 is 5.97 Å². The van der Waals surface area contributed by atoms with Gasteiger partial charge in [0, 0.05) is 11.6 Å². The van der Waals surface area contributed by atoms with Crippen molar-refractivity contribution in [1.29, 1.82) is 0 Å². The van der Waals surface area contributed by atoms with Crippen molar-refractivity contribution < 1.29 is 33.1 Å². The number of ether oxygens (including phenoxy) is 4. The molecule has 1 amide bonds. The van der Waals surface area contributed by atoms with Crippen LogP contribution in [0.25, 0.3) is 11.3 Å². The van der Waals surface area contributed by atoms with E-state index in [4.69, 9.17) is 29.2 Å². The molecule has 0 fully saturated rings. The molecular formula is C21H20N2O7. The summed E-state index contributed by atoms with van der Waals surface area (Å²) in [6, 6.07) is 14.0. The lowest BCUT2D eigenvalue weighted by molar-refractivity contribution is -0.120. The van der Waals surface area contributed by atoms with Crippen LogP contribution < -0.4 is 19.9 Å². The Morgan fingerprint density at radius 1 is 1.03 bits per heavy atom. The first kappa shape index (κ1) is 20.7. The average Bonchev–Trinajstić information content (AvgIpc) is 3.25. The molecule has 9 nitrogen and oxygen atoms in total. The van der Waals surface area contributed by atoms with Crippen molar-refractivity contribution >= 4 is 11.9 Å². The third kappa shape index (κ3) is 4.88. The van der Waals surface area contributed by atoms with Gasteiger partial charge < -0.3 is 29.2 Å². The summed E-state index contributed by atoms with van der Waals surface area (Å²) in [4.78, 5) is 23.5. The Morgan fingerprint density at radius 2 is 1.70 bits per heavy atom. The van der Waals surface area contributed by atoms with E-state index in [2.05, 4.69) is 5.16 Å². The van der Waals surface area contributed by atoms with E-state index in [1.54, 1.807) is 6.07 Å². The van der Waals surface area contributed by atoms with Crippen LogP contribution in [0.1, 0.15) is 16.1 Å². The Labute approximate surface area is 172 Å². The largest absolute Gasteiger partial charge is 0.493 e. The molecule has 3 aromatic rings. The first-order valence-electron chi connectivity index (χ1n) is 8.87. The quantitative estimate of drug-likeness (QED) is 0.532. The van der Waals surface area contributed by atoms with Crippen LogP contribution in [0, 0.1) is 0 Å². The summed E-state index contributed by atoms with van der Waals surface area (Å²) < 4.78 is 26.4.